The fourth-order valence-electron chi connectivity index (χ4n) is 4.66. The van der Waals surface area contributed by atoms with Crippen LogP contribution in [0.25, 0.3) is 0 Å². The number of likely N-dealkylation sites (N-methyl/N-ethyl adjacent to an activating group) is 1. The molecule has 2 saturated carbocycles. The second kappa shape index (κ2) is 3.38. The number of hydrogen-bond acceptors (Lipinski definition) is 1. The summed E-state index contributed by atoms with van der Waals surface area (Å²) in [5.74, 6) is 3.64. The van der Waals surface area contributed by atoms with Gasteiger partial charge in [-0.15, -0.1) is 0 Å². The first kappa shape index (κ1) is 11.8. The average molecular weight is 233 g/mol. The monoisotopic (exact) mass is 233 g/mol. The summed E-state index contributed by atoms with van der Waals surface area (Å²) >= 11 is 0. The third kappa shape index (κ3) is 1.35. The predicted octanol–water partition coefficient (Wildman–Crippen LogP) is 3.56. The van der Waals surface area contributed by atoms with Crippen molar-refractivity contribution in [2.24, 2.45) is 29.1 Å². The van der Waals surface area contributed by atoms with Crippen molar-refractivity contribution in [1.82, 2.24) is 4.90 Å². The summed E-state index contributed by atoms with van der Waals surface area (Å²) in [6.45, 7) is 17.5. The van der Waals surface area contributed by atoms with Gasteiger partial charge in [0.2, 0.25) is 0 Å². The zero-order valence-electron chi connectivity index (χ0n) is 12.0. The molecule has 2 aliphatic carbocycles. The van der Waals surface area contributed by atoms with Crippen LogP contribution < -0.4 is 0 Å². The van der Waals surface area contributed by atoms with Crippen LogP contribution in [0.2, 0.25) is 0 Å². The van der Waals surface area contributed by atoms with Crippen LogP contribution in [0.1, 0.15) is 41.0 Å². The molecule has 1 heteroatoms. The summed E-state index contributed by atoms with van der Waals surface area (Å²) in [6, 6.07) is 1.60. The number of nitrogens with zero attached hydrogens (tertiary/aromatic N) is 1. The standard InChI is InChI=1S/C16H27N/c1-7-17-14-12(13(14)10(4)9(2)3)8-16(6)11(5)15(16)17/h9-10,12-15H,5,7-8H2,1-4,6H3. The molecule has 0 bridgehead atoms. The van der Waals surface area contributed by atoms with Crippen LogP contribution in [0, 0.1) is 29.1 Å². The highest BCUT2D eigenvalue weighted by molar-refractivity contribution is 5.44. The lowest BCUT2D eigenvalue weighted by atomic mass is 9.89. The first-order valence-corrected chi connectivity index (χ1v) is 7.38. The van der Waals surface area contributed by atoms with Gasteiger partial charge < -0.3 is 0 Å². The SMILES string of the molecule is C=C1C2N(CC)C3C(CC12C)C3C(C)C(C)C. The van der Waals surface area contributed by atoms with E-state index in [0.29, 0.717) is 5.41 Å². The Labute approximate surface area is 106 Å². The van der Waals surface area contributed by atoms with Gasteiger partial charge in [0.1, 0.15) is 0 Å². The molecule has 1 aliphatic heterocycles. The van der Waals surface area contributed by atoms with Crippen molar-refractivity contribution in [3.63, 3.8) is 0 Å². The molecule has 0 amide bonds. The molecule has 0 radical (unpaired) electrons. The van der Waals surface area contributed by atoms with Crippen molar-refractivity contribution < 1.29 is 0 Å². The molecule has 3 fully saturated rings. The second-order valence-electron chi connectivity index (χ2n) is 7.21. The smallest absolute Gasteiger partial charge is 0.0405 e. The maximum absolute atomic E-state index is 4.30. The van der Waals surface area contributed by atoms with E-state index in [4.69, 9.17) is 0 Å². The lowest BCUT2D eigenvalue weighted by Crippen LogP contribution is -2.36. The lowest BCUT2D eigenvalue weighted by Gasteiger charge is -2.28. The number of rotatable bonds is 3. The van der Waals surface area contributed by atoms with Crippen molar-refractivity contribution in [2.75, 3.05) is 6.54 Å². The number of fused-ring (bicyclic) bond motifs is 2. The molecule has 1 saturated heterocycles. The van der Waals surface area contributed by atoms with Gasteiger partial charge in [0.15, 0.2) is 0 Å². The van der Waals surface area contributed by atoms with Gasteiger partial charge in [-0.3, -0.25) is 4.90 Å². The fourth-order valence-corrected chi connectivity index (χ4v) is 4.66. The number of piperidine rings is 1. The van der Waals surface area contributed by atoms with Gasteiger partial charge in [0, 0.05) is 17.5 Å². The molecule has 17 heavy (non-hydrogen) atoms. The molecular weight excluding hydrogens is 206 g/mol. The first-order chi connectivity index (χ1) is 7.93. The third-order valence-corrected chi connectivity index (χ3v) is 6.17. The number of hydrogen-bond donors (Lipinski definition) is 0. The third-order valence-electron chi connectivity index (χ3n) is 6.17. The van der Waals surface area contributed by atoms with Crippen molar-refractivity contribution in [3.05, 3.63) is 12.2 Å². The molecule has 1 heterocycles. The quantitative estimate of drug-likeness (QED) is 0.674. The molecule has 0 N–H and O–H groups in total. The van der Waals surface area contributed by atoms with Crippen molar-refractivity contribution >= 4 is 0 Å². The molecule has 3 aliphatic rings. The Morgan fingerprint density at radius 1 is 1.41 bits per heavy atom. The van der Waals surface area contributed by atoms with Crippen LogP contribution >= 0.6 is 0 Å². The maximum atomic E-state index is 4.30. The zero-order valence-corrected chi connectivity index (χ0v) is 12.0. The van der Waals surface area contributed by atoms with E-state index < -0.39 is 0 Å². The van der Waals surface area contributed by atoms with E-state index in [2.05, 4.69) is 46.1 Å². The van der Waals surface area contributed by atoms with Gasteiger partial charge in [0.05, 0.1) is 0 Å². The summed E-state index contributed by atoms with van der Waals surface area (Å²) in [7, 11) is 0. The number of likely N-dealkylation sites (tertiary alicyclic amines) is 1. The van der Waals surface area contributed by atoms with E-state index in [1.807, 2.05) is 0 Å². The maximum Gasteiger partial charge on any atom is 0.0405 e. The summed E-state index contributed by atoms with van der Waals surface area (Å²) in [5.41, 5.74) is 1.99. The second-order valence-corrected chi connectivity index (χ2v) is 7.21. The largest absolute Gasteiger partial charge is 0.293 e. The highest BCUT2D eigenvalue weighted by atomic mass is 15.3. The van der Waals surface area contributed by atoms with Crippen LogP contribution in [0.3, 0.4) is 0 Å². The van der Waals surface area contributed by atoms with E-state index in [-0.39, 0.29) is 0 Å². The molecule has 0 aromatic heterocycles. The normalized spacial score (nSPS) is 49.9. The molecule has 3 rings (SSSR count). The molecule has 6 atom stereocenters. The highest BCUT2D eigenvalue weighted by Crippen LogP contribution is 2.70. The van der Waals surface area contributed by atoms with Crippen molar-refractivity contribution in [1.29, 1.82) is 0 Å². The van der Waals surface area contributed by atoms with E-state index in [9.17, 15) is 0 Å². The summed E-state index contributed by atoms with van der Waals surface area (Å²) in [4.78, 5) is 2.76. The molecule has 1 nitrogen and oxygen atoms in total. The van der Waals surface area contributed by atoms with Crippen LogP contribution in [-0.4, -0.2) is 23.5 Å². The van der Waals surface area contributed by atoms with Crippen LogP contribution in [0.4, 0.5) is 0 Å². The van der Waals surface area contributed by atoms with Gasteiger partial charge in [-0.25, -0.2) is 0 Å². The average Bonchev–Trinajstić information content (AvgIpc) is 3.10. The zero-order chi connectivity index (χ0) is 12.5. The van der Waals surface area contributed by atoms with Crippen molar-refractivity contribution in [3.8, 4) is 0 Å². The van der Waals surface area contributed by atoms with Gasteiger partial charge >= 0.3 is 0 Å². The van der Waals surface area contributed by atoms with Crippen LogP contribution in [0.5, 0.6) is 0 Å². The van der Waals surface area contributed by atoms with E-state index in [1.54, 1.807) is 0 Å². The summed E-state index contributed by atoms with van der Waals surface area (Å²) in [6.07, 6.45) is 1.42. The van der Waals surface area contributed by atoms with Gasteiger partial charge in [-0.2, -0.15) is 0 Å². The van der Waals surface area contributed by atoms with Crippen molar-refractivity contribution in [2.45, 2.75) is 53.1 Å². The minimum Gasteiger partial charge on any atom is -0.293 e. The van der Waals surface area contributed by atoms with E-state index in [0.717, 1.165) is 35.8 Å². The molecular formula is C16H27N. The van der Waals surface area contributed by atoms with Crippen LogP contribution in [0.15, 0.2) is 12.2 Å². The molecule has 6 unspecified atom stereocenters. The van der Waals surface area contributed by atoms with E-state index >= 15 is 0 Å². The topological polar surface area (TPSA) is 3.24 Å². The van der Waals surface area contributed by atoms with Crippen LogP contribution in [-0.2, 0) is 0 Å². The Morgan fingerprint density at radius 3 is 2.59 bits per heavy atom. The Balaban J connectivity index is 1.80. The Bertz CT molecular complexity index is 359. The minimum atomic E-state index is 0.475. The van der Waals surface area contributed by atoms with E-state index in [1.165, 1.54) is 18.5 Å². The summed E-state index contributed by atoms with van der Waals surface area (Å²) in [5, 5.41) is 0. The lowest BCUT2D eigenvalue weighted by molar-refractivity contribution is 0.173. The molecule has 0 aromatic rings. The summed E-state index contributed by atoms with van der Waals surface area (Å²) < 4.78 is 0. The molecule has 0 aromatic carbocycles. The highest BCUT2D eigenvalue weighted by Gasteiger charge is 2.71. The first-order valence-electron chi connectivity index (χ1n) is 7.38. The predicted molar refractivity (Wildman–Crippen MR) is 72.8 cm³/mol. The Kier molecular flexibility index (Phi) is 2.34. The molecule has 0 spiro atoms. The van der Waals surface area contributed by atoms with Gasteiger partial charge in [-0.05, 0) is 36.6 Å². The Morgan fingerprint density at radius 2 is 2.06 bits per heavy atom. The van der Waals surface area contributed by atoms with Gasteiger partial charge in [-0.1, -0.05) is 46.8 Å². The minimum absolute atomic E-state index is 0.475. The molecule has 96 valence electrons. The fraction of sp³-hybridized carbons (Fsp3) is 0.875. The Hall–Kier alpha value is -0.300. The van der Waals surface area contributed by atoms with Gasteiger partial charge in [0.25, 0.3) is 0 Å².